The number of aryl methyl sites for hydroxylation is 1. The van der Waals surface area contributed by atoms with E-state index in [0.717, 1.165) is 29.8 Å². The van der Waals surface area contributed by atoms with Crippen molar-refractivity contribution in [3.8, 4) is 0 Å². The van der Waals surface area contributed by atoms with E-state index in [2.05, 4.69) is 9.88 Å². The summed E-state index contributed by atoms with van der Waals surface area (Å²) in [6.45, 7) is 5.03. The summed E-state index contributed by atoms with van der Waals surface area (Å²) >= 11 is 0. The molecular formula is C22H26N2O4. The average molecular weight is 382 g/mol. The van der Waals surface area contributed by atoms with Gasteiger partial charge in [0.25, 0.3) is 0 Å². The van der Waals surface area contributed by atoms with E-state index < -0.39 is 12.0 Å². The average Bonchev–Trinajstić information content (AvgIpc) is 3.44. The van der Waals surface area contributed by atoms with Crippen molar-refractivity contribution < 1.29 is 19.1 Å². The molecule has 1 fully saturated rings. The summed E-state index contributed by atoms with van der Waals surface area (Å²) in [6.07, 6.45) is 2.25. The fourth-order valence-electron chi connectivity index (χ4n) is 3.59. The summed E-state index contributed by atoms with van der Waals surface area (Å²) < 4.78 is 7.41. The lowest BCUT2D eigenvalue weighted by Gasteiger charge is -2.17. The summed E-state index contributed by atoms with van der Waals surface area (Å²) in [6, 6.07) is 11.1. The van der Waals surface area contributed by atoms with Gasteiger partial charge in [-0.2, -0.15) is 0 Å². The van der Waals surface area contributed by atoms with Gasteiger partial charge in [0, 0.05) is 29.9 Å². The van der Waals surface area contributed by atoms with Crippen LogP contribution >= 0.6 is 0 Å². The van der Waals surface area contributed by atoms with E-state index in [-0.39, 0.29) is 24.7 Å². The number of ether oxygens (including phenoxy) is 1. The third-order valence-corrected chi connectivity index (χ3v) is 5.01. The van der Waals surface area contributed by atoms with Crippen molar-refractivity contribution in [1.82, 2.24) is 9.88 Å². The van der Waals surface area contributed by atoms with E-state index in [0.29, 0.717) is 11.6 Å². The predicted octanol–water partition coefficient (Wildman–Crippen LogP) is 3.43. The zero-order valence-electron chi connectivity index (χ0n) is 16.5. The maximum Gasteiger partial charge on any atom is 0.308 e. The number of nitrogens with zero attached hydrogens (tertiary/aromatic N) is 1. The van der Waals surface area contributed by atoms with E-state index in [1.54, 1.807) is 0 Å². The van der Waals surface area contributed by atoms with Gasteiger partial charge in [-0.1, -0.05) is 30.3 Å². The summed E-state index contributed by atoms with van der Waals surface area (Å²) in [7, 11) is 0. The molecule has 1 aliphatic carbocycles. The van der Waals surface area contributed by atoms with Crippen molar-refractivity contribution in [3.63, 3.8) is 0 Å². The first-order valence-electron chi connectivity index (χ1n) is 9.56. The van der Waals surface area contributed by atoms with Crippen LogP contribution in [0.1, 0.15) is 65.6 Å². The van der Waals surface area contributed by atoms with Gasteiger partial charge in [-0.3, -0.25) is 14.4 Å². The van der Waals surface area contributed by atoms with Crippen LogP contribution in [0.3, 0.4) is 0 Å². The second-order valence-electron chi connectivity index (χ2n) is 7.34. The second-order valence-corrected chi connectivity index (χ2v) is 7.34. The smallest absolute Gasteiger partial charge is 0.308 e. The highest BCUT2D eigenvalue weighted by Gasteiger charge is 2.28. The van der Waals surface area contributed by atoms with Crippen LogP contribution in [0.2, 0.25) is 0 Å². The van der Waals surface area contributed by atoms with Crippen LogP contribution in [0, 0.1) is 13.8 Å². The Balaban J connectivity index is 1.60. The Kier molecular flexibility index (Phi) is 5.97. The number of Topliss-reactive ketones (excluding diaryl/α,β-unsaturated/α-hetero) is 1. The molecule has 6 heteroatoms. The van der Waals surface area contributed by atoms with Crippen molar-refractivity contribution >= 4 is 17.7 Å². The first-order valence-corrected chi connectivity index (χ1v) is 9.56. The number of aromatic nitrogens is 1. The molecule has 1 heterocycles. The molecule has 2 aromatic rings. The number of esters is 1. The van der Waals surface area contributed by atoms with Crippen LogP contribution in [-0.4, -0.2) is 28.8 Å². The largest absolute Gasteiger partial charge is 0.457 e. The summed E-state index contributed by atoms with van der Waals surface area (Å²) in [5, 5.41) is 2.76. The normalized spacial score (nSPS) is 14.4. The summed E-state index contributed by atoms with van der Waals surface area (Å²) in [5.41, 5.74) is 3.42. The van der Waals surface area contributed by atoms with Gasteiger partial charge in [0.15, 0.2) is 6.61 Å². The molecule has 0 bridgehead atoms. The first-order chi connectivity index (χ1) is 13.4. The molecule has 0 radical (unpaired) electrons. The van der Waals surface area contributed by atoms with Gasteiger partial charge in [-0.05, 0) is 38.3 Å². The van der Waals surface area contributed by atoms with Crippen LogP contribution in [0.4, 0.5) is 0 Å². The monoisotopic (exact) mass is 382 g/mol. The predicted molar refractivity (Wildman–Crippen MR) is 105 cm³/mol. The number of ketones is 1. The number of carbonyl (C=O) groups excluding carboxylic acids is 3. The number of benzene rings is 1. The lowest BCUT2D eigenvalue weighted by molar-refractivity contribution is -0.143. The van der Waals surface area contributed by atoms with Gasteiger partial charge < -0.3 is 14.6 Å². The second kappa shape index (κ2) is 8.42. The van der Waals surface area contributed by atoms with Gasteiger partial charge in [0.2, 0.25) is 11.7 Å². The molecule has 1 aromatic carbocycles. The van der Waals surface area contributed by atoms with Crippen LogP contribution < -0.4 is 5.32 Å². The topological polar surface area (TPSA) is 77.4 Å². The molecule has 1 amide bonds. The molecule has 1 N–H and O–H groups in total. The Morgan fingerprint density at radius 3 is 2.46 bits per heavy atom. The highest BCUT2D eigenvalue weighted by molar-refractivity contribution is 5.99. The van der Waals surface area contributed by atoms with E-state index in [9.17, 15) is 14.4 Å². The third-order valence-electron chi connectivity index (χ3n) is 5.01. The fraction of sp³-hybridized carbons (Fsp3) is 0.409. The minimum absolute atomic E-state index is 0.0298. The number of amides is 1. The van der Waals surface area contributed by atoms with E-state index in [1.165, 1.54) is 6.92 Å². The molecule has 1 atom stereocenters. The molecule has 28 heavy (non-hydrogen) atoms. The molecule has 1 saturated carbocycles. The Labute approximate surface area is 164 Å². The van der Waals surface area contributed by atoms with Gasteiger partial charge in [-0.15, -0.1) is 0 Å². The van der Waals surface area contributed by atoms with E-state index >= 15 is 0 Å². The molecule has 0 spiro atoms. The number of rotatable bonds is 8. The Hall–Kier alpha value is -2.89. The zero-order chi connectivity index (χ0) is 20.3. The van der Waals surface area contributed by atoms with Crippen molar-refractivity contribution in [3.05, 3.63) is 58.9 Å². The maximum absolute atomic E-state index is 12.6. The number of hydrogen-bond acceptors (Lipinski definition) is 4. The first kappa shape index (κ1) is 19.9. The quantitative estimate of drug-likeness (QED) is 0.560. The van der Waals surface area contributed by atoms with Crippen LogP contribution in [0.5, 0.6) is 0 Å². The summed E-state index contributed by atoms with van der Waals surface area (Å²) in [5.74, 6) is -0.957. The summed E-state index contributed by atoms with van der Waals surface area (Å²) in [4.78, 5) is 36.3. The Bertz CT molecular complexity index is 881. The fourth-order valence-corrected chi connectivity index (χ4v) is 3.59. The van der Waals surface area contributed by atoms with Gasteiger partial charge in [0.05, 0.1) is 12.5 Å². The number of hydrogen-bond donors (Lipinski definition) is 1. The molecular weight excluding hydrogens is 356 g/mol. The zero-order valence-corrected chi connectivity index (χ0v) is 16.5. The minimum Gasteiger partial charge on any atom is -0.457 e. The van der Waals surface area contributed by atoms with Crippen molar-refractivity contribution in [2.45, 2.75) is 52.1 Å². The lowest BCUT2D eigenvalue weighted by atomic mass is 10.0. The molecule has 1 aliphatic rings. The Morgan fingerprint density at radius 2 is 1.86 bits per heavy atom. The molecule has 6 nitrogen and oxygen atoms in total. The molecule has 148 valence electrons. The van der Waals surface area contributed by atoms with Crippen LogP contribution in [0.15, 0.2) is 36.4 Å². The van der Waals surface area contributed by atoms with Gasteiger partial charge in [0.1, 0.15) is 0 Å². The van der Waals surface area contributed by atoms with Gasteiger partial charge >= 0.3 is 5.97 Å². The van der Waals surface area contributed by atoms with Crippen molar-refractivity contribution in [2.75, 3.05) is 6.61 Å². The lowest BCUT2D eigenvalue weighted by Crippen LogP contribution is -2.29. The molecule has 3 rings (SSSR count). The molecule has 1 aromatic heterocycles. The van der Waals surface area contributed by atoms with Gasteiger partial charge in [-0.25, -0.2) is 0 Å². The SMILES string of the molecule is CC(=O)N[C@@H](CC(=O)OCC(=O)c1cc(C)n(C2CC2)c1C)c1ccccc1. The standard InChI is InChI=1S/C22H26N2O4/c1-14-11-19(15(2)24(14)18-9-10-18)21(26)13-28-22(27)12-20(23-16(3)25)17-7-5-4-6-8-17/h4-8,11,18,20H,9-10,12-13H2,1-3H3,(H,23,25)/t20-/m0/s1. The Morgan fingerprint density at radius 1 is 1.18 bits per heavy atom. The van der Waals surface area contributed by atoms with Crippen molar-refractivity contribution in [2.24, 2.45) is 0 Å². The third kappa shape index (κ3) is 4.68. The van der Waals surface area contributed by atoms with Crippen LogP contribution in [0.25, 0.3) is 0 Å². The highest BCUT2D eigenvalue weighted by Crippen LogP contribution is 2.38. The molecule has 0 aliphatic heterocycles. The van der Waals surface area contributed by atoms with Crippen molar-refractivity contribution in [1.29, 1.82) is 0 Å². The number of nitrogens with one attached hydrogen (secondary N) is 1. The molecule has 0 saturated heterocycles. The maximum atomic E-state index is 12.6. The number of carbonyl (C=O) groups is 3. The van der Waals surface area contributed by atoms with E-state index in [4.69, 9.17) is 4.74 Å². The minimum atomic E-state index is -0.521. The van der Waals surface area contributed by atoms with Crippen LogP contribution in [-0.2, 0) is 14.3 Å². The molecule has 0 unspecified atom stereocenters. The van der Waals surface area contributed by atoms with E-state index in [1.807, 2.05) is 50.2 Å². The highest BCUT2D eigenvalue weighted by atomic mass is 16.5.